The molecule has 0 saturated carbocycles. The molecule has 0 radical (unpaired) electrons. The molecule has 0 aliphatic carbocycles. The van der Waals surface area contributed by atoms with Gasteiger partial charge in [0.25, 0.3) is 0 Å². The van der Waals surface area contributed by atoms with E-state index in [9.17, 15) is 4.79 Å². The zero-order valence-corrected chi connectivity index (χ0v) is 8.94. The second-order valence-electron chi connectivity index (χ2n) is 3.09. The first-order chi connectivity index (χ1) is 5.04. The number of halogens is 1. The molecule has 0 aliphatic rings. The van der Waals surface area contributed by atoms with Gasteiger partial charge >= 0.3 is 0 Å². The third-order valence-electron chi connectivity index (χ3n) is 1.38. The van der Waals surface area contributed by atoms with E-state index in [0.29, 0.717) is 5.92 Å². The molecule has 66 valence electrons. The van der Waals surface area contributed by atoms with E-state index >= 15 is 0 Å². The average molecular weight is 222 g/mol. The van der Waals surface area contributed by atoms with Crippen molar-refractivity contribution in [2.24, 2.45) is 5.92 Å². The second kappa shape index (κ2) is 5.58. The highest BCUT2D eigenvalue weighted by Gasteiger charge is 2.06. The fourth-order valence-electron chi connectivity index (χ4n) is 0.625. The summed E-state index contributed by atoms with van der Waals surface area (Å²) >= 11 is 3.19. The van der Waals surface area contributed by atoms with Crippen molar-refractivity contribution in [3.8, 4) is 0 Å². The van der Waals surface area contributed by atoms with Gasteiger partial charge in [0.2, 0.25) is 5.91 Å². The van der Waals surface area contributed by atoms with Gasteiger partial charge in [-0.25, -0.2) is 0 Å². The molecule has 1 N–H and O–H groups in total. The highest BCUT2D eigenvalue weighted by Crippen LogP contribution is 1.99. The van der Waals surface area contributed by atoms with Crippen LogP contribution in [0.4, 0.5) is 0 Å². The Hall–Kier alpha value is -0.0500. The Kier molecular flexibility index (Phi) is 5.56. The number of amides is 1. The highest BCUT2D eigenvalue weighted by atomic mass is 79.9. The van der Waals surface area contributed by atoms with Crippen molar-refractivity contribution in [2.75, 3.05) is 6.54 Å². The van der Waals surface area contributed by atoms with E-state index in [0.717, 1.165) is 13.0 Å². The Labute approximate surface area is 76.9 Å². The third-order valence-corrected chi connectivity index (χ3v) is 1.80. The van der Waals surface area contributed by atoms with E-state index < -0.39 is 0 Å². The van der Waals surface area contributed by atoms with Gasteiger partial charge in [-0.05, 0) is 19.3 Å². The lowest BCUT2D eigenvalue weighted by molar-refractivity contribution is -0.120. The minimum Gasteiger partial charge on any atom is -0.355 e. The van der Waals surface area contributed by atoms with Crippen molar-refractivity contribution in [3.05, 3.63) is 0 Å². The van der Waals surface area contributed by atoms with Crippen LogP contribution in [0.1, 0.15) is 27.2 Å². The SMILES string of the molecule is CC(C)CCNC(=O)C(C)Br. The molecule has 2 nitrogen and oxygen atoms in total. The molecule has 1 atom stereocenters. The first kappa shape index (κ1) is 11.0. The largest absolute Gasteiger partial charge is 0.355 e. The number of rotatable bonds is 4. The van der Waals surface area contributed by atoms with Crippen molar-refractivity contribution in [1.82, 2.24) is 5.32 Å². The normalized spacial score (nSPS) is 13.2. The van der Waals surface area contributed by atoms with Crippen LogP contribution in [-0.2, 0) is 4.79 Å². The molecular formula is C8H16BrNO. The molecule has 0 aromatic heterocycles. The van der Waals surface area contributed by atoms with E-state index in [1.807, 2.05) is 6.92 Å². The lowest BCUT2D eigenvalue weighted by atomic mass is 10.1. The number of carbonyl (C=O) groups is 1. The van der Waals surface area contributed by atoms with Crippen molar-refractivity contribution in [1.29, 1.82) is 0 Å². The molecule has 1 unspecified atom stereocenters. The Morgan fingerprint density at radius 1 is 1.45 bits per heavy atom. The van der Waals surface area contributed by atoms with Crippen molar-refractivity contribution in [3.63, 3.8) is 0 Å². The fourth-order valence-corrected chi connectivity index (χ4v) is 0.787. The minimum atomic E-state index is -0.0744. The maximum absolute atomic E-state index is 11.0. The quantitative estimate of drug-likeness (QED) is 0.723. The van der Waals surface area contributed by atoms with Gasteiger partial charge in [-0.15, -0.1) is 0 Å². The van der Waals surface area contributed by atoms with Gasteiger partial charge in [-0.3, -0.25) is 4.79 Å². The van der Waals surface area contributed by atoms with Gasteiger partial charge in [-0.2, -0.15) is 0 Å². The maximum Gasteiger partial charge on any atom is 0.233 e. The van der Waals surface area contributed by atoms with Gasteiger partial charge < -0.3 is 5.32 Å². The van der Waals surface area contributed by atoms with Gasteiger partial charge in [0.15, 0.2) is 0 Å². The summed E-state index contributed by atoms with van der Waals surface area (Å²) in [7, 11) is 0. The lowest BCUT2D eigenvalue weighted by Gasteiger charge is -2.07. The van der Waals surface area contributed by atoms with Crippen LogP contribution in [-0.4, -0.2) is 17.3 Å². The molecule has 11 heavy (non-hydrogen) atoms. The van der Waals surface area contributed by atoms with Gasteiger partial charge in [0, 0.05) is 6.54 Å². The molecule has 0 aromatic carbocycles. The summed E-state index contributed by atoms with van der Waals surface area (Å²) in [4.78, 5) is 10.9. The summed E-state index contributed by atoms with van der Waals surface area (Å²) in [5.41, 5.74) is 0. The Balaban J connectivity index is 3.32. The van der Waals surface area contributed by atoms with E-state index in [1.165, 1.54) is 0 Å². The molecule has 0 fully saturated rings. The van der Waals surface area contributed by atoms with Crippen molar-refractivity contribution in [2.45, 2.75) is 32.0 Å². The van der Waals surface area contributed by atoms with Crippen LogP contribution in [0, 0.1) is 5.92 Å². The number of alkyl halides is 1. The van der Waals surface area contributed by atoms with Crippen LogP contribution in [0.5, 0.6) is 0 Å². The average Bonchev–Trinajstić information content (AvgIpc) is 1.86. The summed E-state index contributed by atoms with van der Waals surface area (Å²) < 4.78 is 0. The molecule has 0 bridgehead atoms. The zero-order valence-electron chi connectivity index (χ0n) is 7.36. The van der Waals surface area contributed by atoms with Gasteiger partial charge in [0.1, 0.15) is 0 Å². The second-order valence-corrected chi connectivity index (χ2v) is 4.46. The molecule has 0 aromatic rings. The molecule has 0 heterocycles. The Morgan fingerprint density at radius 3 is 2.36 bits per heavy atom. The molecular weight excluding hydrogens is 206 g/mol. The van der Waals surface area contributed by atoms with Crippen LogP contribution < -0.4 is 5.32 Å². The van der Waals surface area contributed by atoms with Gasteiger partial charge in [0.05, 0.1) is 4.83 Å². The van der Waals surface area contributed by atoms with Crippen LogP contribution in [0.25, 0.3) is 0 Å². The maximum atomic E-state index is 11.0. The van der Waals surface area contributed by atoms with Crippen molar-refractivity contribution >= 4 is 21.8 Å². The zero-order chi connectivity index (χ0) is 8.85. The summed E-state index contributed by atoms with van der Waals surface area (Å²) in [6.45, 7) is 6.89. The first-order valence-corrected chi connectivity index (χ1v) is 4.87. The lowest BCUT2D eigenvalue weighted by Crippen LogP contribution is -2.30. The summed E-state index contributed by atoms with van der Waals surface area (Å²) in [6.07, 6.45) is 1.05. The Bertz CT molecular complexity index is 123. The van der Waals surface area contributed by atoms with E-state index in [4.69, 9.17) is 0 Å². The molecule has 0 rings (SSSR count). The molecule has 3 heteroatoms. The monoisotopic (exact) mass is 221 g/mol. The standard InChI is InChI=1S/C8H16BrNO/c1-6(2)4-5-10-8(11)7(3)9/h6-7H,4-5H2,1-3H3,(H,10,11). The van der Waals surface area contributed by atoms with Crippen molar-refractivity contribution < 1.29 is 4.79 Å². The minimum absolute atomic E-state index is 0.0744. The number of hydrogen-bond acceptors (Lipinski definition) is 1. The highest BCUT2D eigenvalue weighted by molar-refractivity contribution is 9.10. The third kappa shape index (κ3) is 6.35. The number of carbonyl (C=O) groups excluding carboxylic acids is 1. The smallest absolute Gasteiger partial charge is 0.233 e. The molecule has 0 aliphatic heterocycles. The summed E-state index contributed by atoms with van der Waals surface area (Å²) in [6, 6.07) is 0. The number of hydrogen-bond donors (Lipinski definition) is 1. The van der Waals surface area contributed by atoms with E-state index in [-0.39, 0.29) is 10.7 Å². The Morgan fingerprint density at radius 2 is 2.00 bits per heavy atom. The summed E-state index contributed by atoms with van der Waals surface area (Å²) in [5.74, 6) is 0.728. The number of nitrogens with one attached hydrogen (secondary N) is 1. The first-order valence-electron chi connectivity index (χ1n) is 3.95. The molecule has 1 amide bonds. The van der Waals surface area contributed by atoms with Crippen LogP contribution in [0.3, 0.4) is 0 Å². The van der Waals surface area contributed by atoms with Gasteiger partial charge in [-0.1, -0.05) is 29.8 Å². The van der Waals surface area contributed by atoms with Crippen LogP contribution in [0.15, 0.2) is 0 Å². The van der Waals surface area contributed by atoms with E-state index in [1.54, 1.807) is 0 Å². The topological polar surface area (TPSA) is 29.1 Å². The predicted octanol–water partition coefficient (Wildman–Crippen LogP) is 1.93. The summed E-state index contributed by atoms with van der Waals surface area (Å²) in [5, 5.41) is 2.83. The van der Waals surface area contributed by atoms with E-state index in [2.05, 4.69) is 35.1 Å². The fraction of sp³-hybridized carbons (Fsp3) is 0.875. The van der Waals surface area contributed by atoms with Crippen LogP contribution >= 0.6 is 15.9 Å². The van der Waals surface area contributed by atoms with Crippen LogP contribution in [0.2, 0.25) is 0 Å². The molecule has 0 saturated heterocycles. The predicted molar refractivity (Wildman–Crippen MR) is 50.9 cm³/mol. The molecule has 0 spiro atoms.